The van der Waals surface area contributed by atoms with Crippen LogP contribution in [0, 0.1) is 18.2 Å². The van der Waals surface area contributed by atoms with E-state index in [9.17, 15) is 0 Å². The van der Waals surface area contributed by atoms with Crippen molar-refractivity contribution in [3.05, 3.63) is 63.9 Å². The van der Waals surface area contributed by atoms with Crippen molar-refractivity contribution in [2.24, 2.45) is 5.41 Å². The van der Waals surface area contributed by atoms with E-state index in [0.29, 0.717) is 0 Å². The molecule has 1 fully saturated rings. The molecule has 0 bridgehead atoms. The van der Waals surface area contributed by atoms with Gasteiger partial charge >= 0.3 is 0 Å². The van der Waals surface area contributed by atoms with Gasteiger partial charge in [0.05, 0.1) is 5.02 Å². The van der Waals surface area contributed by atoms with Crippen LogP contribution in [0.15, 0.2) is 36.4 Å². The van der Waals surface area contributed by atoms with Crippen LogP contribution in [-0.4, -0.2) is 19.1 Å². The van der Waals surface area contributed by atoms with E-state index in [2.05, 4.69) is 56.5 Å². The Morgan fingerprint density at radius 2 is 2.00 bits per heavy atom. The lowest BCUT2D eigenvalue weighted by Gasteiger charge is -2.39. The first-order valence-corrected chi connectivity index (χ1v) is 10.1. The monoisotopic (exact) mass is 386 g/mol. The van der Waals surface area contributed by atoms with Crippen molar-refractivity contribution in [1.82, 2.24) is 5.32 Å². The SMILES string of the molecule is Cc1ccc2c(c1)NC[C@@]21[C@H](CC(C)(C)C)NC[C@@H]1c1cccc(Cl)c1F. The molecule has 144 valence electrons. The fourth-order valence-corrected chi connectivity index (χ4v) is 5.26. The molecule has 0 radical (unpaired) electrons. The number of halogens is 2. The van der Waals surface area contributed by atoms with Crippen molar-refractivity contribution in [3.63, 3.8) is 0 Å². The molecule has 4 rings (SSSR count). The molecule has 2 aromatic rings. The summed E-state index contributed by atoms with van der Waals surface area (Å²) in [5.41, 5.74) is 4.45. The number of rotatable bonds is 2. The maximum absolute atomic E-state index is 15.0. The van der Waals surface area contributed by atoms with Gasteiger partial charge < -0.3 is 10.6 Å². The minimum absolute atomic E-state index is 0.0417. The van der Waals surface area contributed by atoms with Gasteiger partial charge in [-0.15, -0.1) is 0 Å². The molecule has 2 N–H and O–H groups in total. The van der Waals surface area contributed by atoms with Crippen LogP contribution in [0.25, 0.3) is 0 Å². The van der Waals surface area contributed by atoms with E-state index in [1.807, 2.05) is 12.1 Å². The van der Waals surface area contributed by atoms with Crippen molar-refractivity contribution < 1.29 is 4.39 Å². The normalized spacial score (nSPS) is 27.0. The number of nitrogens with one attached hydrogen (secondary N) is 2. The van der Waals surface area contributed by atoms with E-state index in [1.54, 1.807) is 6.07 Å². The lowest BCUT2D eigenvalue weighted by Crippen LogP contribution is -2.46. The molecule has 0 aliphatic carbocycles. The summed E-state index contributed by atoms with van der Waals surface area (Å²) in [4.78, 5) is 0. The highest BCUT2D eigenvalue weighted by Crippen LogP contribution is 2.54. The lowest BCUT2D eigenvalue weighted by molar-refractivity contribution is 0.259. The van der Waals surface area contributed by atoms with Crippen molar-refractivity contribution in [2.75, 3.05) is 18.4 Å². The average molecular weight is 387 g/mol. The number of hydrogen-bond donors (Lipinski definition) is 2. The predicted octanol–water partition coefficient (Wildman–Crippen LogP) is 5.64. The fourth-order valence-electron chi connectivity index (χ4n) is 5.08. The molecule has 0 saturated carbocycles. The highest BCUT2D eigenvalue weighted by Gasteiger charge is 2.56. The fraction of sp³-hybridized carbons (Fsp3) is 0.478. The molecular weight excluding hydrogens is 359 g/mol. The van der Waals surface area contributed by atoms with Crippen molar-refractivity contribution in [2.45, 2.75) is 51.5 Å². The van der Waals surface area contributed by atoms with Crippen LogP contribution in [-0.2, 0) is 5.41 Å². The largest absolute Gasteiger partial charge is 0.384 e. The number of anilines is 1. The summed E-state index contributed by atoms with van der Waals surface area (Å²) < 4.78 is 15.0. The predicted molar refractivity (Wildman–Crippen MR) is 111 cm³/mol. The third kappa shape index (κ3) is 3.05. The molecular formula is C23H28ClFN2. The first-order chi connectivity index (χ1) is 12.7. The quantitative estimate of drug-likeness (QED) is 0.697. The van der Waals surface area contributed by atoms with Crippen LogP contribution in [0.2, 0.25) is 5.02 Å². The van der Waals surface area contributed by atoms with Crippen LogP contribution in [0.5, 0.6) is 0 Å². The smallest absolute Gasteiger partial charge is 0.145 e. The summed E-state index contributed by atoms with van der Waals surface area (Å²) >= 11 is 6.14. The van der Waals surface area contributed by atoms with Gasteiger partial charge in [0.25, 0.3) is 0 Å². The molecule has 2 aromatic carbocycles. The highest BCUT2D eigenvalue weighted by atomic mass is 35.5. The van der Waals surface area contributed by atoms with E-state index >= 15 is 4.39 Å². The molecule has 2 heterocycles. The molecule has 0 aromatic heterocycles. The molecule has 2 nitrogen and oxygen atoms in total. The number of benzene rings is 2. The molecule has 27 heavy (non-hydrogen) atoms. The Labute approximate surface area is 166 Å². The Morgan fingerprint density at radius 3 is 2.74 bits per heavy atom. The molecule has 4 heteroatoms. The molecule has 3 atom stereocenters. The van der Waals surface area contributed by atoms with Crippen molar-refractivity contribution >= 4 is 17.3 Å². The zero-order valence-electron chi connectivity index (χ0n) is 16.5. The van der Waals surface area contributed by atoms with Gasteiger partial charge in [0, 0.05) is 36.2 Å². The zero-order valence-corrected chi connectivity index (χ0v) is 17.3. The molecule has 0 amide bonds. The van der Waals surface area contributed by atoms with Crippen LogP contribution < -0.4 is 10.6 Å². The maximum Gasteiger partial charge on any atom is 0.145 e. The second-order valence-electron chi connectivity index (χ2n) is 9.36. The Hall–Kier alpha value is -1.58. The Balaban J connectivity index is 1.88. The van der Waals surface area contributed by atoms with Crippen molar-refractivity contribution in [3.8, 4) is 0 Å². The van der Waals surface area contributed by atoms with Gasteiger partial charge in [-0.3, -0.25) is 0 Å². The van der Waals surface area contributed by atoms with E-state index in [1.165, 1.54) is 16.8 Å². The first kappa shape index (κ1) is 18.8. The van der Waals surface area contributed by atoms with Crippen LogP contribution in [0.4, 0.5) is 10.1 Å². The summed E-state index contributed by atoms with van der Waals surface area (Å²) in [5.74, 6) is -0.234. The van der Waals surface area contributed by atoms with Gasteiger partial charge in [0.2, 0.25) is 0 Å². The van der Waals surface area contributed by atoms with E-state index in [0.717, 1.165) is 25.1 Å². The average Bonchev–Trinajstić information content (AvgIpc) is 3.12. The third-order valence-corrected chi connectivity index (χ3v) is 6.53. The van der Waals surface area contributed by atoms with Crippen molar-refractivity contribution in [1.29, 1.82) is 0 Å². The summed E-state index contributed by atoms with van der Waals surface area (Å²) in [6, 6.07) is 12.3. The van der Waals surface area contributed by atoms with E-state index < -0.39 is 0 Å². The Bertz CT molecular complexity index is 873. The zero-order chi connectivity index (χ0) is 19.4. The van der Waals surface area contributed by atoms with Gasteiger partial charge in [-0.05, 0) is 47.6 Å². The minimum Gasteiger partial charge on any atom is -0.384 e. The second-order valence-corrected chi connectivity index (χ2v) is 9.77. The molecule has 2 aliphatic rings. The lowest BCUT2D eigenvalue weighted by atomic mass is 9.64. The van der Waals surface area contributed by atoms with Gasteiger partial charge in [-0.1, -0.05) is 56.6 Å². The second kappa shape index (κ2) is 6.49. The van der Waals surface area contributed by atoms with Crippen LogP contribution in [0.1, 0.15) is 49.8 Å². The van der Waals surface area contributed by atoms with E-state index in [-0.39, 0.29) is 33.6 Å². The number of fused-ring (bicyclic) bond motifs is 2. The van der Waals surface area contributed by atoms with Gasteiger partial charge in [0.15, 0.2) is 0 Å². The number of aryl methyl sites for hydroxylation is 1. The Kier molecular flexibility index (Phi) is 4.51. The van der Waals surface area contributed by atoms with Crippen LogP contribution >= 0.6 is 11.6 Å². The van der Waals surface area contributed by atoms with Gasteiger partial charge in [-0.25, -0.2) is 4.39 Å². The van der Waals surface area contributed by atoms with Gasteiger partial charge in [-0.2, -0.15) is 0 Å². The molecule has 2 aliphatic heterocycles. The summed E-state index contributed by atoms with van der Waals surface area (Å²) in [6.07, 6.45) is 1.03. The van der Waals surface area contributed by atoms with E-state index in [4.69, 9.17) is 11.6 Å². The summed E-state index contributed by atoms with van der Waals surface area (Å²) in [5, 5.41) is 7.58. The standard InChI is InChI=1S/C23H28ClFN2/c1-14-8-9-16-19(10-14)27-13-23(16)17(12-26-20(23)11-22(2,3)4)15-6-5-7-18(24)21(15)25/h5-10,17,20,26-27H,11-13H2,1-4H3/t17-,20+,23-/m1/s1. The number of hydrogen-bond acceptors (Lipinski definition) is 2. The molecule has 1 spiro atoms. The Morgan fingerprint density at radius 1 is 1.22 bits per heavy atom. The summed E-state index contributed by atoms with van der Waals surface area (Å²) in [6.45, 7) is 10.5. The van der Waals surface area contributed by atoms with Crippen LogP contribution in [0.3, 0.4) is 0 Å². The van der Waals surface area contributed by atoms with Gasteiger partial charge in [0.1, 0.15) is 5.82 Å². The maximum atomic E-state index is 15.0. The molecule has 1 saturated heterocycles. The summed E-state index contributed by atoms with van der Waals surface area (Å²) in [7, 11) is 0. The first-order valence-electron chi connectivity index (χ1n) is 9.75. The third-order valence-electron chi connectivity index (χ3n) is 6.23. The minimum atomic E-state index is -0.276. The molecule has 0 unspecified atom stereocenters. The highest BCUT2D eigenvalue weighted by molar-refractivity contribution is 6.30. The topological polar surface area (TPSA) is 24.1 Å².